The molecule has 7 rings (SSSR count). The van der Waals surface area contributed by atoms with E-state index in [1.165, 1.54) is 12.8 Å². The fourth-order valence-electron chi connectivity index (χ4n) is 5.73. The van der Waals surface area contributed by atoms with Crippen LogP contribution >= 0.6 is 11.6 Å². The predicted molar refractivity (Wildman–Crippen MR) is 147 cm³/mol. The average Bonchev–Trinajstić information content (AvgIpc) is 3.68. The van der Waals surface area contributed by atoms with Crippen molar-refractivity contribution >= 4 is 28.6 Å². The Balaban J connectivity index is 1.47. The summed E-state index contributed by atoms with van der Waals surface area (Å²) >= 11 is 6.37. The van der Waals surface area contributed by atoms with Crippen molar-refractivity contribution in [3.8, 4) is 22.8 Å². The molecule has 0 unspecified atom stereocenters. The molecule has 1 aliphatic heterocycles. The van der Waals surface area contributed by atoms with Crippen LogP contribution in [0.1, 0.15) is 32.6 Å². The van der Waals surface area contributed by atoms with Gasteiger partial charge in [-0.05, 0) is 42.9 Å². The highest BCUT2D eigenvalue weighted by Crippen LogP contribution is 2.39. The zero-order chi connectivity index (χ0) is 26.5. The Kier molecular flexibility index (Phi) is 5.84. The molecule has 3 aliphatic rings. The number of rotatable bonds is 5. The van der Waals surface area contributed by atoms with E-state index in [9.17, 15) is 4.79 Å². The summed E-state index contributed by atoms with van der Waals surface area (Å²) in [6, 6.07) is 3.58. The van der Waals surface area contributed by atoms with E-state index >= 15 is 0 Å². The Morgan fingerprint density at radius 2 is 2.03 bits per heavy atom. The molecule has 1 fully saturated rings. The van der Waals surface area contributed by atoms with Crippen LogP contribution in [0.4, 0.5) is 5.95 Å². The molecule has 2 aliphatic carbocycles. The Morgan fingerprint density at radius 1 is 1.15 bits per heavy atom. The Labute approximate surface area is 228 Å². The van der Waals surface area contributed by atoms with Crippen LogP contribution in [-0.2, 0) is 11.3 Å². The molecule has 5 heterocycles. The van der Waals surface area contributed by atoms with Gasteiger partial charge in [0.25, 0.3) is 0 Å². The maximum absolute atomic E-state index is 11.7. The second-order valence-corrected chi connectivity index (χ2v) is 10.9. The lowest BCUT2D eigenvalue weighted by Crippen LogP contribution is -2.35. The minimum Gasteiger partial charge on any atom is -0.465 e. The number of aromatic nitrogens is 6. The summed E-state index contributed by atoms with van der Waals surface area (Å²) in [7, 11) is 0. The summed E-state index contributed by atoms with van der Waals surface area (Å²) in [5.41, 5.74) is 3.41. The van der Waals surface area contributed by atoms with Crippen LogP contribution in [0.15, 0.2) is 70.3 Å². The SMILES string of the molecule is C[C@H]1CC[C@H](Cn2c(N3C=COC4=CC=C[C@@H]43)nc3cc(-c4noc(=O)[nH]4)nc(-c4cncc(Cl)c4)c32)CC1. The summed E-state index contributed by atoms with van der Waals surface area (Å²) in [5.74, 6) is 2.47. The molecule has 0 amide bonds. The molecule has 0 aromatic carbocycles. The molecular weight excluding hydrogens is 518 g/mol. The minimum absolute atomic E-state index is 0.0902. The molecule has 4 aromatic heterocycles. The molecule has 0 radical (unpaired) electrons. The lowest BCUT2D eigenvalue weighted by molar-refractivity contribution is 0.266. The third-order valence-electron chi connectivity index (χ3n) is 7.74. The fourth-order valence-corrected chi connectivity index (χ4v) is 5.91. The number of hydrogen-bond acceptors (Lipinski definition) is 8. The first kappa shape index (κ1) is 23.9. The van der Waals surface area contributed by atoms with Gasteiger partial charge in [0.15, 0.2) is 0 Å². The van der Waals surface area contributed by atoms with E-state index in [1.807, 2.05) is 30.5 Å². The number of allylic oxidation sites excluding steroid dienone is 2. The Morgan fingerprint density at radius 3 is 2.82 bits per heavy atom. The van der Waals surface area contributed by atoms with Gasteiger partial charge in [-0.15, -0.1) is 0 Å². The van der Waals surface area contributed by atoms with Gasteiger partial charge >= 0.3 is 5.76 Å². The smallest absolute Gasteiger partial charge is 0.439 e. The van der Waals surface area contributed by atoms with Crippen LogP contribution in [0.5, 0.6) is 0 Å². The zero-order valence-corrected chi connectivity index (χ0v) is 22.0. The Bertz CT molecular complexity index is 1710. The number of imidazole rings is 1. The molecule has 198 valence electrons. The van der Waals surface area contributed by atoms with Gasteiger partial charge in [-0.1, -0.05) is 48.7 Å². The van der Waals surface area contributed by atoms with Crippen molar-refractivity contribution in [1.29, 1.82) is 0 Å². The standard InChI is InChI=1S/C28H26ClN7O3/c1-16-5-7-17(8-6-16)15-36-25-20(32-27(36)35-9-10-38-23-4-2-3-22(23)35)12-21(26-33-28(37)39-34-26)31-24(25)18-11-19(29)14-30-13-18/h2-4,9-14,16-17,22H,5-8,15H2,1H3,(H,33,34,37)/t16-,17-,22-/m0/s1. The number of hydrogen-bond donors (Lipinski definition) is 1. The maximum atomic E-state index is 11.7. The highest BCUT2D eigenvalue weighted by molar-refractivity contribution is 6.30. The van der Waals surface area contributed by atoms with Crippen molar-refractivity contribution in [1.82, 2.24) is 29.7 Å². The van der Waals surface area contributed by atoms with E-state index in [0.29, 0.717) is 27.8 Å². The second-order valence-electron chi connectivity index (χ2n) is 10.4. The van der Waals surface area contributed by atoms with E-state index in [1.54, 1.807) is 18.7 Å². The number of halogens is 1. The van der Waals surface area contributed by atoms with E-state index in [2.05, 4.69) is 37.6 Å². The molecule has 1 atom stereocenters. The number of anilines is 1. The summed E-state index contributed by atoms with van der Waals surface area (Å²) in [6.45, 7) is 3.12. The van der Waals surface area contributed by atoms with Gasteiger partial charge in [0.05, 0.1) is 21.7 Å². The number of nitrogens with one attached hydrogen (secondary N) is 1. The highest BCUT2D eigenvalue weighted by atomic mass is 35.5. The van der Waals surface area contributed by atoms with Gasteiger partial charge in [0.2, 0.25) is 11.8 Å². The molecular formula is C28H26ClN7O3. The molecule has 0 spiro atoms. The van der Waals surface area contributed by atoms with Crippen molar-refractivity contribution in [2.24, 2.45) is 11.8 Å². The zero-order valence-electron chi connectivity index (χ0n) is 21.2. The first-order valence-corrected chi connectivity index (χ1v) is 13.5. The van der Waals surface area contributed by atoms with Gasteiger partial charge in [0.1, 0.15) is 23.8 Å². The van der Waals surface area contributed by atoms with Crippen molar-refractivity contribution < 1.29 is 9.26 Å². The molecule has 10 nitrogen and oxygen atoms in total. The molecule has 1 N–H and O–H groups in total. The highest BCUT2D eigenvalue weighted by Gasteiger charge is 2.32. The molecule has 4 aromatic rings. The van der Waals surface area contributed by atoms with Crippen LogP contribution in [0.3, 0.4) is 0 Å². The largest absolute Gasteiger partial charge is 0.465 e. The number of aromatic amines is 1. The number of ether oxygens (including phenoxy) is 1. The Hall–Kier alpha value is -4.18. The monoisotopic (exact) mass is 543 g/mol. The van der Waals surface area contributed by atoms with Gasteiger partial charge in [-0.2, -0.15) is 0 Å². The minimum atomic E-state index is -0.651. The summed E-state index contributed by atoms with van der Waals surface area (Å²) in [5, 5.41) is 4.37. The first-order valence-electron chi connectivity index (χ1n) is 13.1. The molecule has 1 saturated carbocycles. The quantitative estimate of drug-likeness (QED) is 0.353. The van der Waals surface area contributed by atoms with Gasteiger partial charge in [-0.25, -0.2) is 14.8 Å². The van der Waals surface area contributed by atoms with Crippen LogP contribution in [0.25, 0.3) is 33.8 Å². The predicted octanol–water partition coefficient (Wildman–Crippen LogP) is 5.45. The van der Waals surface area contributed by atoms with Gasteiger partial charge < -0.3 is 14.2 Å². The van der Waals surface area contributed by atoms with Crippen LogP contribution in [0, 0.1) is 11.8 Å². The van der Waals surface area contributed by atoms with E-state index in [0.717, 1.165) is 48.1 Å². The van der Waals surface area contributed by atoms with Gasteiger partial charge in [-0.3, -0.25) is 14.5 Å². The van der Waals surface area contributed by atoms with Gasteiger partial charge in [0, 0.05) is 30.7 Å². The summed E-state index contributed by atoms with van der Waals surface area (Å²) in [6.07, 6.45) is 17.8. The summed E-state index contributed by atoms with van der Waals surface area (Å²) in [4.78, 5) is 30.9. The molecule has 0 saturated heterocycles. The van der Waals surface area contributed by atoms with Crippen molar-refractivity contribution in [2.45, 2.75) is 45.2 Å². The van der Waals surface area contributed by atoms with Crippen molar-refractivity contribution in [2.75, 3.05) is 4.90 Å². The fraction of sp³-hybridized carbons (Fsp3) is 0.321. The number of H-pyrrole nitrogens is 1. The summed E-state index contributed by atoms with van der Waals surface area (Å²) < 4.78 is 12.8. The number of fused-ring (bicyclic) bond motifs is 2. The van der Waals surface area contributed by atoms with Crippen molar-refractivity contribution in [3.05, 3.63) is 76.5 Å². The second kappa shape index (κ2) is 9.53. The molecule has 11 heteroatoms. The number of pyridine rings is 2. The third-order valence-corrected chi connectivity index (χ3v) is 7.95. The maximum Gasteiger partial charge on any atom is 0.439 e. The van der Waals surface area contributed by atoms with Crippen molar-refractivity contribution in [3.63, 3.8) is 0 Å². The average molecular weight is 544 g/mol. The molecule has 0 bridgehead atoms. The lowest BCUT2D eigenvalue weighted by Gasteiger charge is -2.32. The van der Waals surface area contributed by atoms with Crippen LogP contribution < -0.4 is 10.7 Å². The van der Waals surface area contributed by atoms with E-state index < -0.39 is 5.76 Å². The topological polar surface area (TPSA) is 115 Å². The number of nitrogens with zero attached hydrogens (tertiary/aromatic N) is 6. The van der Waals surface area contributed by atoms with E-state index in [4.69, 9.17) is 30.8 Å². The normalized spacial score (nSPS) is 22.3. The van der Waals surface area contributed by atoms with Crippen LogP contribution in [0.2, 0.25) is 5.02 Å². The van der Waals surface area contributed by atoms with Crippen LogP contribution in [-0.4, -0.2) is 35.7 Å². The van der Waals surface area contributed by atoms with E-state index in [-0.39, 0.29) is 11.9 Å². The first-order chi connectivity index (χ1) is 19.0. The molecule has 39 heavy (non-hydrogen) atoms. The lowest BCUT2D eigenvalue weighted by atomic mass is 9.83. The third kappa shape index (κ3) is 4.34.